The van der Waals surface area contributed by atoms with E-state index in [1.807, 2.05) is 0 Å². The molecule has 1 rings (SSSR count). The van der Waals surface area contributed by atoms with E-state index in [1.54, 1.807) is 0 Å². The molecule has 2 heteroatoms. The van der Waals surface area contributed by atoms with Gasteiger partial charge in [0, 0.05) is 25.5 Å². The quantitative estimate of drug-likeness (QED) is 0.192. The van der Waals surface area contributed by atoms with Crippen molar-refractivity contribution in [1.29, 1.82) is 0 Å². The first-order valence-electron chi connectivity index (χ1n) is 13.0. The normalized spacial score (nSPS) is 16.5. The van der Waals surface area contributed by atoms with Crippen LogP contribution < -0.4 is 0 Å². The molecular formula is C26H52N2. The molecule has 0 aromatic carbocycles. The summed E-state index contributed by atoms with van der Waals surface area (Å²) < 4.78 is 0. The lowest BCUT2D eigenvalue weighted by atomic mass is 10.1. The molecule has 0 radical (unpaired) electrons. The van der Waals surface area contributed by atoms with Crippen molar-refractivity contribution in [3.8, 4) is 0 Å². The van der Waals surface area contributed by atoms with Crippen molar-refractivity contribution in [2.45, 2.75) is 143 Å². The van der Waals surface area contributed by atoms with Crippen molar-refractivity contribution >= 4 is 0 Å². The topological polar surface area (TPSA) is 6.48 Å². The molecule has 0 spiro atoms. The lowest BCUT2D eigenvalue weighted by Crippen LogP contribution is -2.38. The molecule has 2 nitrogen and oxygen atoms in total. The Morgan fingerprint density at radius 1 is 0.500 bits per heavy atom. The van der Waals surface area contributed by atoms with E-state index in [0.29, 0.717) is 6.17 Å². The molecule has 0 amide bonds. The highest BCUT2D eigenvalue weighted by molar-refractivity contribution is 4.96. The summed E-state index contributed by atoms with van der Waals surface area (Å²) in [6.07, 6.45) is 30.9. The molecule has 0 bridgehead atoms. The van der Waals surface area contributed by atoms with E-state index in [2.05, 4.69) is 43.0 Å². The van der Waals surface area contributed by atoms with Gasteiger partial charge in [-0.15, -0.1) is 0 Å². The van der Waals surface area contributed by atoms with Gasteiger partial charge in [0.1, 0.15) is 6.17 Å². The summed E-state index contributed by atoms with van der Waals surface area (Å²) in [5, 5.41) is 0. The number of nitrogens with zero attached hydrogens (tertiary/aromatic N) is 2. The van der Waals surface area contributed by atoms with Crippen LogP contribution in [-0.2, 0) is 0 Å². The summed E-state index contributed by atoms with van der Waals surface area (Å²) >= 11 is 0. The summed E-state index contributed by atoms with van der Waals surface area (Å²) in [4.78, 5) is 5.18. The van der Waals surface area contributed by atoms with E-state index >= 15 is 0 Å². The highest BCUT2D eigenvalue weighted by Crippen LogP contribution is 2.22. The Hall–Kier alpha value is -0.660. The van der Waals surface area contributed by atoms with Crippen molar-refractivity contribution in [3.63, 3.8) is 0 Å². The fraction of sp³-hybridized carbons (Fsp3) is 0.923. The van der Waals surface area contributed by atoms with Crippen LogP contribution in [0.4, 0.5) is 0 Å². The summed E-state index contributed by atoms with van der Waals surface area (Å²) in [5.41, 5.74) is 0. The smallest absolute Gasteiger partial charge is 0.101 e. The molecule has 0 aliphatic carbocycles. The maximum atomic E-state index is 2.63. The SMILES string of the molecule is CCCCCCCCCCCCN1C=CN(CC)C1CCCCCCCCC. The Balaban J connectivity index is 2.06. The molecule has 28 heavy (non-hydrogen) atoms. The van der Waals surface area contributed by atoms with Gasteiger partial charge in [-0.1, -0.05) is 110 Å². The van der Waals surface area contributed by atoms with Crippen molar-refractivity contribution < 1.29 is 0 Å². The van der Waals surface area contributed by atoms with Crippen LogP contribution >= 0.6 is 0 Å². The molecule has 1 aliphatic rings. The predicted octanol–water partition coefficient (Wildman–Crippen LogP) is 8.48. The van der Waals surface area contributed by atoms with Gasteiger partial charge in [-0.25, -0.2) is 0 Å². The molecule has 0 fully saturated rings. The van der Waals surface area contributed by atoms with E-state index in [-0.39, 0.29) is 0 Å². The molecule has 1 aliphatic heterocycles. The minimum absolute atomic E-state index is 0.638. The second kappa shape index (κ2) is 18.4. The molecule has 166 valence electrons. The number of rotatable bonds is 20. The average molecular weight is 393 g/mol. The lowest BCUT2D eigenvalue weighted by molar-refractivity contribution is 0.142. The Morgan fingerprint density at radius 2 is 0.929 bits per heavy atom. The Labute approximate surface area is 178 Å². The third-order valence-corrected chi connectivity index (χ3v) is 6.42. The molecule has 1 heterocycles. The maximum Gasteiger partial charge on any atom is 0.101 e. The highest BCUT2D eigenvalue weighted by atomic mass is 15.4. The predicted molar refractivity (Wildman–Crippen MR) is 126 cm³/mol. The standard InChI is InChI=1S/C26H52N2/c1-4-7-9-11-13-14-15-17-19-21-23-28-25-24-27(6-3)26(28)22-20-18-16-12-10-8-5-2/h24-26H,4-23H2,1-3H3. The van der Waals surface area contributed by atoms with Gasteiger partial charge in [0.05, 0.1) is 0 Å². The van der Waals surface area contributed by atoms with Gasteiger partial charge < -0.3 is 9.80 Å². The zero-order chi connectivity index (χ0) is 20.3. The number of unbranched alkanes of at least 4 members (excludes halogenated alkanes) is 15. The van der Waals surface area contributed by atoms with E-state index in [1.165, 1.54) is 122 Å². The monoisotopic (exact) mass is 392 g/mol. The molecular weight excluding hydrogens is 340 g/mol. The van der Waals surface area contributed by atoms with E-state index in [0.717, 1.165) is 6.54 Å². The zero-order valence-electron chi connectivity index (χ0n) is 19.8. The van der Waals surface area contributed by atoms with Gasteiger partial charge >= 0.3 is 0 Å². The molecule has 0 saturated carbocycles. The molecule has 1 atom stereocenters. The largest absolute Gasteiger partial charge is 0.356 e. The van der Waals surface area contributed by atoms with Gasteiger partial charge in [0.25, 0.3) is 0 Å². The van der Waals surface area contributed by atoms with Gasteiger partial charge in [0.15, 0.2) is 0 Å². The van der Waals surface area contributed by atoms with Crippen LogP contribution in [0.5, 0.6) is 0 Å². The Kier molecular flexibility index (Phi) is 16.7. The summed E-state index contributed by atoms with van der Waals surface area (Å²) in [5.74, 6) is 0. The van der Waals surface area contributed by atoms with E-state index in [9.17, 15) is 0 Å². The third kappa shape index (κ3) is 12.0. The lowest BCUT2D eigenvalue weighted by Gasteiger charge is -2.32. The van der Waals surface area contributed by atoms with Gasteiger partial charge in [-0.05, 0) is 26.2 Å². The minimum atomic E-state index is 0.638. The molecule has 1 unspecified atom stereocenters. The van der Waals surface area contributed by atoms with Crippen LogP contribution in [0.1, 0.15) is 136 Å². The molecule has 0 aromatic rings. The fourth-order valence-electron chi connectivity index (χ4n) is 4.50. The zero-order valence-corrected chi connectivity index (χ0v) is 19.8. The maximum absolute atomic E-state index is 2.63. The Morgan fingerprint density at radius 3 is 1.43 bits per heavy atom. The van der Waals surface area contributed by atoms with E-state index in [4.69, 9.17) is 0 Å². The minimum Gasteiger partial charge on any atom is -0.356 e. The first-order chi connectivity index (χ1) is 13.8. The Bertz CT molecular complexity index is 352. The van der Waals surface area contributed by atoms with Crippen LogP contribution in [0, 0.1) is 0 Å². The first-order valence-corrected chi connectivity index (χ1v) is 13.0. The number of hydrogen-bond donors (Lipinski definition) is 0. The van der Waals surface area contributed by atoms with Gasteiger partial charge in [0.2, 0.25) is 0 Å². The van der Waals surface area contributed by atoms with Gasteiger partial charge in [-0.2, -0.15) is 0 Å². The molecule has 0 aromatic heterocycles. The van der Waals surface area contributed by atoms with Crippen LogP contribution in [0.2, 0.25) is 0 Å². The van der Waals surface area contributed by atoms with E-state index < -0.39 is 0 Å². The molecule has 0 saturated heterocycles. The summed E-state index contributed by atoms with van der Waals surface area (Å²) in [6, 6.07) is 0. The second-order valence-corrected chi connectivity index (χ2v) is 8.94. The van der Waals surface area contributed by atoms with Crippen LogP contribution in [0.15, 0.2) is 12.4 Å². The highest BCUT2D eigenvalue weighted by Gasteiger charge is 2.23. The van der Waals surface area contributed by atoms with Crippen LogP contribution in [0.25, 0.3) is 0 Å². The van der Waals surface area contributed by atoms with Crippen molar-refractivity contribution in [2.75, 3.05) is 13.1 Å². The third-order valence-electron chi connectivity index (χ3n) is 6.42. The summed E-state index contributed by atoms with van der Waals surface area (Å²) in [6.45, 7) is 9.30. The van der Waals surface area contributed by atoms with Crippen LogP contribution in [0.3, 0.4) is 0 Å². The van der Waals surface area contributed by atoms with Gasteiger partial charge in [-0.3, -0.25) is 0 Å². The molecule has 0 N–H and O–H groups in total. The first kappa shape index (κ1) is 25.4. The van der Waals surface area contributed by atoms with Crippen molar-refractivity contribution in [1.82, 2.24) is 9.80 Å². The van der Waals surface area contributed by atoms with Crippen molar-refractivity contribution in [2.24, 2.45) is 0 Å². The summed E-state index contributed by atoms with van der Waals surface area (Å²) in [7, 11) is 0. The number of hydrogen-bond acceptors (Lipinski definition) is 2. The second-order valence-electron chi connectivity index (χ2n) is 8.94. The average Bonchev–Trinajstić information content (AvgIpc) is 3.10. The van der Waals surface area contributed by atoms with Crippen LogP contribution in [-0.4, -0.2) is 29.1 Å². The van der Waals surface area contributed by atoms with Crippen molar-refractivity contribution in [3.05, 3.63) is 12.4 Å². The fourth-order valence-corrected chi connectivity index (χ4v) is 4.50.